The van der Waals surface area contributed by atoms with E-state index in [1.807, 2.05) is 48.5 Å². The molecule has 2 rings (SSSR count). The Labute approximate surface area is 144 Å². The lowest BCUT2D eigenvalue weighted by atomic mass is 10.1. The van der Waals surface area contributed by atoms with E-state index >= 15 is 0 Å². The molecule has 1 atom stereocenters. The van der Waals surface area contributed by atoms with Crippen molar-refractivity contribution in [3.8, 4) is 11.5 Å². The second-order valence-corrected chi connectivity index (χ2v) is 6.02. The molecule has 2 aromatic carbocycles. The highest BCUT2D eigenvalue weighted by atomic mass is 79.9. The molecule has 0 heterocycles. The fourth-order valence-electron chi connectivity index (χ4n) is 2.04. The number of methoxy groups -OCH3 is 1. The largest absolute Gasteiger partial charge is 0.497 e. The minimum absolute atomic E-state index is 0.124. The van der Waals surface area contributed by atoms with Gasteiger partial charge in [0.25, 0.3) is 5.91 Å². The van der Waals surface area contributed by atoms with Gasteiger partial charge in [-0.05, 0) is 55.3 Å². The summed E-state index contributed by atoms with van der Waals surface area (Å²) in [7, 11) is 1.64. The second kappa shape index (κ2) is 8.58. The number of hydrogen-bond donors (Lipinski definition) is 1. The van der Waals surface area contributed by atoms with Gasteiger partial charge in [-0.1, -0.05) is 28.1 Å². The molecule has 1 unspecified atom stereocenters. The third-order valence-electron chi connectivity index (χ3n) is 3.37. The zero-order valence-corrected chi connectivity index (χ0v) is 14.8. The van der Waals surface area contributed by atoms with Crippen LogP contribution >= 0.6 is 15.9 Å². The first-order chi connectivity index (χ1) is 11.1. The van der Waals surface area contributed by atoms with Crippen LogP contribution in [0.2, 0.25) is 0 Å². The molecule has 23 heavy (non-hydrogen) atoms. The van der Waals surface area contributed by atoms with Crippen molar-refractivity contribution in [2.24, 2.45) is 0 Å². The van der Waals surface area contributed by atoms with Crippen LogP contribution in [-0.2, 0) is 11.2 Å². The highest BCUT2D eigenvalue weighted by molar-refractivity contribution is 9.10. The molecular formula is C18H20BrNO3. The average Bonchev–Trinajstić information content (AvgIpc) is 2.57. The number of benzene rings is 2. The molecule has 0 aliphatic carbocycles. The fraction of sp³-hybridized carbons (Fsp3) is 0.278. The van der Waals surface area contributed by atoms with Crippen molar-refractivity contribution >= 4 is 21.8 Å². The number of ether oxygens (including phenoxy) is 2. The number of halogens is 1. The molecule has 0 aliphatic heterocycles. The van der Waals surface area contributed by atoms with Crippen LogP contribution in [0.25, 0.3) is 0 Å². The van der Waals surface area contributed by atoms with E-state index in [-0.39, 0.29) is 5.91 Å². The predicted molar refractivity (Wildman–Crippen MR) is 93.9 cm³/mol. The molecule has 4 nitrogen and oxygen atoms in total. The van der Waals surface area contributed by atoms with Gasteiger partial charge >= 0.3 is 0 Å². The van der Waals surface area contributed by atoms with Crippen molar-refractivity contribution in [3.05, 3.63) is 58.6 Å². The smallest absolute Gasteiger partial charge is 0.260 e. The molecule has 1 amide bonds. The summed E-state index contributed by atoms with van der Waals surface area (Å²) in [5, 5.41) is 2.89. The lowest BCUT2D eigenvalue weighted by Crippen LogP contribution is -2.37. The minimum Gasteiger partial charge on any atom is -0.497 e. The molecule has 5 heteroatoms. The van der Waals surface area contributed by atoms with E-state index in [2.05, 4.69) is 21.2 Å². The van der Waals surface area contributed by atoms with Crippen molar-refractivity contribution in [2.75, 3.05) is 13.7 Å². The van der Waals surface area contributed by atoms with Crippen molar-refractivity contribution in [1.82, 2.24) is 5.32 Å². The Balaban J connectivity index is 1.75. The maximum absolute atomic E-state index is 12.0. The third-order valence-corrected chi connectivity index (χ3v) is 3.90. The molecule has 0 aliphatic rings. The highest BCUT2D eigenvalue weighted by Crippen LogP contribution is 2.17. The first-order valence-electron chi connectivity index (χ1n) is 7.41. The van der Waals surface area contributed by atoms with Gasteiger partial charge in [-0.25, -0.2) is 0 Å². The van der Waals surface area contributed by atoms with E-state index in [4.69, 9.17) is 9.47 Å². The highest BCUT2D eigenvalue weighted by Gasteiger charge is 2.13. The Morgan fingerprint density at radius 3 is 2.30 bits per heavy atom. The van der Waals surface area contributed by atoms with Crippen LogP contribution in [0.3, 0.4) is 0 Å². The van der Waals surface area contributed by atoms with Gasteiger partial charge in [0.15, 0.2) is 6.10 Å². The minimum atomic E-state index is -0.535. The molecular weight excluding hydrogens is 358 g/mol. The Hall–Kier alpha value is -2.01. The summed E-state index contributed by atoms with van der Waals surface area (Å²) >= 11 is 3.36. The SMILES string of the molecule is COc1ccc(CCNC(=O)C(C)Oc2ccc(Br)cc2)cc1. The number of carbonyl (C=O) groups excluding carboxylic acids is 1. The van der Waals surface area contributed by atoms with Gasteiger partial charge in [0.05, 0.1) is 7.11 Å². The van der Waals surface area contributed by atoms with Crippen molar-refractivity contribution in [1.29, 1.82) is 0 Å². The van der Waals surface area contributed by atoms with E-state index in [1.54, 1.807) is 14.0 Å². The van der Waals surface area contributed by atoms with E-state index in [9.17, 15) is 4.79 Å². The zero-order chi connectivity index (χ0) is 16.7. The number of hydrogen-bond acceptors (Lipinski definition) is 3. The molecule has 0 saturated carbocycles. The maximum Gasteiger partial charge on any atom is 0.260 e. The van der Waals surface area contributed by atoms with Gasteiger partial charge in [0, 0.05) is 11.0 Å². The van der Waals surface area contributed by atoms with Crippen molar-refractivity contribution in [3.63, 3.8) is 0 Å². The molecule has 0 saturated heterocycles. The first-order valence-corrected chi connectivity index (χ1v) is 8.20. The molecule has 0 bridgehead atoms. The number of rotatable bonds is 7. The van der Waals surface area contributed by atoms with Gasteiger partial charge in [-0.15, -0.1) is 0 Å². The first kappa shape index (κ1) is 17.3. The number of carbonyl (C=O) groups is 1. The van der Waals surface area contributed by atoms with Gasteiger partial charge in [0.1, 0.15) is 11.5 Å². The average molecular weight is 378 g/mol. The molecule has 0 radical (unpaired) electrons. The molecule has 122 valence electrons. The summed E-state index contributed by atoms with van der Waals surface area (Å²) in [6.45, 7) is 2.31. The van der Waals surface area contributed by atoms with Crippen LogP contribution in [0, 0.1) is 0 Å². The van der Waals surface area contributed by atoms with Gasteiger partial charge in [0.2, 0.25) is 0 Å². The standard InChI is InChI=1S/C18H20BrNO3/c1-13(23-17-9-5-15(19)6-10-17)18(21)20-12-11-14-3-7-16(22-2)8-4-14/h3-10,13H,11-12H2,1-2H3,(H,20,21). The zero-order valence-electron chi connectivity index (χ0n) is 13.2. The normalized spacial score (nSPS) is 11.6. The van der Waals surface area contributed by atoms with Gasteiger partial charge in [-0.3, -0.25) is 4.79 Å². The van der Waals surface area contributed by atoms with E-state index in [1.165, 1.54) is 0 Å². The van der Waals surface area contributed by atoms with E-state index in [0.29, 0.717) is 12.3 Å². The predicted octanol–water partition coefficient (Wildman–Crippen LogP) is 3.58. The van der Waals surface area contributed by atoms with Crippen LogP contribution in [0.1, 0.15) is 12.5 Å². The summed E-state index contributed by atoms with van der Waals surface area (Å²) in [5.74, 6) is 1.38. The van der Waals surface area contributed by atoms with E-state index < -0.39 is 6.10 Å². The number of amides is 1. The lowest BCUT2D eigenvalue weighted by Gasteiger charge is -2.14. The third kappa shape index (κ3) is 5.60. The second-order valence-electron chi connectivity index (χ2n) is 5.10. The summed E-state index contributed by atoms with van der Waals surface area (Å²) in [4.78, 5) is 12.0. The maximum atomic E-state index is 12.0. The molecule has 2 aromatic rings. The lowest BCUT2D eigenvalue weighted by molar-refractivity contribution is -0.127. The Kier molecular flexibility index (Phi) is 6.47. The monoisotopic (exact) mass is 377 g/mol. The van der Waals surface area contributed by atoms with Crippen LogP contribution in [0.15, 0.2) is 53.0 Å². The van der Waals surface area contributed by atoms with Crippen LogP contribution in [-0.4, -0.2) is 25.7 Å². The van der Waals surface area contributed by atoms with Gasteiger partial charge in [-0.2, -0.15) is 0 Å². The van der Waals surface area contributed by atoms with Crippen LogP contribution < -0.4 is 14.8 Å². The fourth-order valence-corrected chi connectivity index (χ4v) is 2.30. The van der Waals surface area contributed by atoms with Crippen LogP contribution in [0.4, 0.5) is 0 Å². The Bertz CT molecular complexity index is 626. The Morgan fingerprint density at radius 1 is 1.09 bits per heavy atom. The molecule has 0 fully saturated rings. The van der Waals surface area contributed by atoms with Crippen LogP contribution in [0.5, 0.6) is 11.5 Å². The Morgan fingerprint density at radius 2 is 1.70 bits per heavy atom. The number of nitrogens with one attached hydrogen (secondary N) is 1. The topological polar surface area (TPSA) is 47.6 Å². The summed E-state index contributed by atoms with van der Waals surface area (Å²) in [6, 6.07) is 15.2. The summed E-state index contributed by atoms with van der Waals surface area (Å²) in [5.41, 5.74) is 1.15. The molecule has 0 aromatic heterocycles. The summed E-state index contributed by atoms with van der Waals surface area (Å²) < 4.78 is 11.7. The summed E-state index contributed by atoms with van der Waals surface area (Å²) in [6.07, 6.45) is 0.229. The quantitative estimate of drug-likeness (QED) is 0.801. The van der Waals surface area contributed by atoms with Gasteiger partial charge < -0.3 is 14.8 Å². The molecule has 1 N–H and O–H groups in total. The molecule has 0 spiro atoms. The van der Waals surface area contributed by atoms with Crippen molar-refractivity contribution < 1.29 is 14.3 Å². The van der Waals surface area contributed by atoms with E-state index in [0.717, 1.165) is 22.2 Å². The van der Waals surface area contributed by atoms with Crippen molar-refractivity contribution in [2.45, 2.75) is 19.4 Å².